The van der Waals surface area contributed by atoms with Crippen LogP contribution in [0.2, 0.25) is 0 Å². The first-order valence-corrected chi connectivity index (χ1v) is 10.8. The maximum Gasteiger partial charge on any atom is 0.258 e. The largest absolute Gasteiger partial charge is 0.497 e. The number of aromatic nitrogens is 1. The van der Waals surface area contributed by atoms with Gasteiger partial charge in [-0.1, -0.05) is 6.07 Å². The van der Waals surface area contributed by atoms with Gasteiger partial charge in [0, 0.05) is 48.5 Å². The number of ether oxygens (including phenoxy) is 3. The molecule has 32 heavy (non-hydrogen) atoms. The Kier molecular flexibility index (Phi) is 6.75. The summed E-state index contributed by atoms with van der Waals surface area (Å²) in [5, 5.41) is 4.28. The lowest BCUT2D eigenvalue weighted by Gasteiger charge is -2.23. The summed E-state index contributed by atoms with van der Waals surface area (Å²) >= 11 is 0. The van der Waals surface area contributed by atoms with E-state index in [4.69, 9.17) is 14.2 Å². The molecular weight excluding hydrogens is 408 g/mol. The summed E-state index contributed by atoms with van der Waals surface area (Å²) in [6.07, 6.45) is 3.92. The van der Waals surface area contributed by atoms with E-state index in [9.17, 15) is 9.59 Å². The van der Waals surface area contributed by atoms with Crippen LogP contribution in [-0.2, 0) is 22.5 Å². The number of benzene rings is 2. The molecule has 2 aromatic carbocycles. The molecule has 0 aliphatic carbocycles. The van der Waals surface area contributed by atoms with Crippen LogP contribution in [0.5, 0.6) is 11.5 Å². The van der Waals surface area contributed by atoms with E-state index in [0.717, 1.165) is 37.0 Å². The van der Waals surface area contributed by atoms with E-state index in [0.29, 0.717) is 35.0 Å². The molecule has 1 fully saturated rings. The molecule has 1 aromatic heterocycles. The zero-order valence-corrected chi connectivity index (χ0v) is 18.4. The van der Waals surface area contributed by atoms with Gasteiger partial charge in [-0.15, -0.1) is 0 Å². The fourth-order valence-electron chi connectivity index (χ4n) is 4.13. The maximum atomic E-state index is 13.1. The number of methoxy groups -OCH3 is 2. The number of carbonyl (C=O) groups is 1. The van der Waals surface area contributed by atoms with Crippen LogP contribution in [0.25, 0.3) is 10.8 Å². The van der Waals surface area contributed by atoms with Gasteiger partial charge in [0.05, 0.1) is 20.6 Å². The van der Waals surface area contributed by atoms with Crippen molar-refractivity contribution in [3.8, 4) is 11.5 Å². The maximum absolute atomic E-state index is 13.1. The molecule has 2 heterocycles. The summed E-state index contributed by atoms with van der Waals surface area (Å²) in [7, 11) is 3.15. The Morgan fingerprint density at radius 3 is 2.47 bits per heavy atom. The molecule has 0 saturated carbocycles. The average molecular weight is 437 g/mol. The predicted molar refractivity (Wildman–Crippen MR) is 124 cm³/mol. The number of carbonyl (C=O) groups excluding carboxylic acids is 1. The summed E-state index contributed by atoms with van der Waals surface area (Å²) in [5.41, 5.74) is 1.36. The Morgan fingerprint density at radius 1 is 1.06 bits per heavy atom. The second-order valence-corrected chi connectivity index (χ2v) is 8.04. The standard InChI is InChI=1S/C25H28N2O5/c1-30-19-12-18(13-20(15-19)31-2)14-24(28)26-23-5-3-4-22-21(23)6-9-27(25(22)29)16-17-7-10-32-11-8-17/h3-6,9,12-13,15,17H,7-8,10-11,14,16H2,1-2H3,(H,26,28). The van der Waals surface area contributed by atoms with E-state index < -0.39 is 0 Å². The van der Waals surface area contributed by atoms with Crippen LogP contribution in [0.1, 0.15) is 18.4 Å². The van der Waals surface area contributed by atoms with Crippen LogP contribution < -0.4 is 20.3 Å². The smallest absolute Gasteiger partial charge is 0.258 e. The van der Waals surface area contributed by atoms with Gasteiger partial charge in [-0.25, -0.2) is 0 Å². The Bertz CT molecular complexity index is 1140. The third-order valence-corrected chi connectivity index (χ3v) is 5.86. The monoisotopic (exact) mass is 436 g/mol. The van der Waals surface area contributed by atoms with Crippen molar-refractivity contribution in [1.29, 1.82) is 0 Å². The van der Waals surface area contributed by atoms with Crippen LogP contribution in [0, 0.1) is 5.92 Å². The van der Waals surface area contributed by atoms with Gasteiger partial charge in [0.1, 0.15) is 11.5 Å². The van der Waals surface area contributed by atoms with Crippen molar-refractivity contribution in [2.75, 3.05) is 32.8 Å². The number of rotatable bonds is 7. The highest BCUT2D eigenvalue weighted by Crippen LogP contribution is 2.25. The zero-order valence-electron chi connectivity index (χ0n) is 18.4. The van der Waals surface area contributed by atoms with Crippen LogP contribution in [0.3, 0.4) is 0 Å². The lowest BCUT2D eigenvalue weighted by Crippen LogP contribution is -2.27. The van der Waals surface area contributed by atoms with Crippen LogP contribution in [0.4, 0.5) is 5.69 Å². The normalized spacial score (nSPS) is 14.3. The summed E-state index contributed by atoms with van der Waals surface area (Å²) in [6.45, 7) is 2.19. The van der Waals surface area contributed by atoms with Crippen LogP contribution >= 0.6 is 0 Å². The van der Waals surface area contributed by atoms with Gasteiger partial charge >= 0.3 is 0 Å². The molecule has 0 spiro atoms. The number of nitrogens with one attached hydrogen (secondary N) is 1. The van der Waals surface area contributed by atoms with Crippen molar-refractivity contribution in [3.05, 3.63) is 64.6 Å². The number of amides is 1. The highest BCUT2D eigenvalue weighted by Gasteiger charge is 2.16. The highest BCUT2D eigenvalue weighted by molar-refractivity contribution is 6.02. The molecule has 1 aliphatic heterocycles. The molecule has 0 bridgehead atoms. The Labute approximate surface area is 186 Å². The van der Waals surface area contributed by atoms with Crippen molar-refractivity contribution in [2.24, 2.45) is 5.92 Å². The lowest BCUT2D eigenvalue weighted by molar-refractivity contribution is -0.115. The van der Waals surface area contributed by atoms with Crippen molar-refractivity contribution in [1.82, 2.24) is 4.57 Å². The molecule has 7 heteroatoms. The zero-order chi connectivity index (χ0) is 22.5. The molecule has 168 valence electrons. The Balaban J connectivity index is 1.53. The molecule has 0 unspecified atom stereocenters. The van der Waals surface area contributed by atoms with E-state index in [2.05, 4.69) is 5.32 Å². The van der Waals surface area contributed by atoms with E-state index in [-0.39, 0.29) is 17.9 Å². The second-order valence-electron chi connectivity index (χ2n) is 8.04. The summed E-state index contributed by atoms with van der Waals surface area (Å²) in [6, 6.07) is 12.7. The van der Waals surface area contributed by atoms with Crippen molar-refractivity contribution in [2.45, 2.75) is 25.8 Å². The van der Waals surface area contributed by atoms with E-state index in [1.165, 1.54) is 0 Å². The second kappa shape index (κ2) is 9.87. The summed E-state index contributed by atoms with van der Waals surface area (Å²) < 4.78 is 17.7. The fraction of sp³-hybridized carbons (Fsp3) is 0.360. The number of fused-ring (bicyclic) bond motifs is 1. The number of hydrogen-bond acceptors (Lipinski definition) is 5. The molecule has 0 atom stereocenters. The van der Waals surface area contributed by atoms with Crippen molar-refractivity contribution < 1.29 is 19.0 Å². The van der Waals surface area contributed by atoms with Crippen molar-refractivity contribution in [3.63, 3.8) is 0 Å². The van der Waals surface area contributed by atoms with Gasteiger partial charge in [0.2, 0.25) is 5.91 Å². The summed E-state index contributed by atoms with van der Waals surface area (Å²) in [5.74, 6) is 1.52. The first-order chi connectivity index (χ1) is 15.6. The first kappa shape index (κ1) is 21.9. The lowest BCUT2D eigenvalue weighted by atomic mass is 10.00. The van der Waals surface area contributed by atoms with Gasteiger partial charge in [0.15, 0.2) is 0 Å². The molecule has 7 nitrogen and oxygen atoms in total. The van der Waals surface area contributed by atoms with Gasteiger partial charge < -0.3 is 24.1 Å². The van der Waals surface area contributed by atoms with Crippen LogP contribution in [-0.4, -0.2) is 37.9 Å². The Morgan fingerprint density at radius 2 is 1.78 bits per heavy atom. The van der Waals surface area contributed by atoms with Crippen LogP contribution in [0.15, 0.2) is 53.5 Å². The van der Waals surface area contributed by atoms with Crippen molar-refractivity contribution >= 4 is 22.4 Å². The topological polar surface area (TPSA) is 78.8 Å². The molecule has 1 N–H and O–H groups in total. The fourth-order valence-corrected chi connectivity index (χ4v) is 4.13. The van der Waals surface area contributed by atoms with Gasteiger partial charge in [-0.2, -0.15) is 0 Å². The van der Waals surface area contributed by atoms with Gasteiger partial charge in [-0.05, 0) is 54.7 Å². The van der Waals surface area contributed by atoms with E-state index in [1.807, 2.05) is 18.3 Å². The minimum Gasteiger partial charge on any atom is -0.497 e. The minimum absolute atomic E-state index is 0.0392. The molecule has 4 rings (SSSR count). The number of pyridine rings is 1. The quantitative estimate of drug-likeness (QED) is 0.612. The molecular formula is C25H28N2O5. The molecule has 1 amide bonds. The average Bonchev–Trinajstić information content (AvgIpc) is 2.81. The predicted octanol–water partition coefficient (Wildman–Crippen LogP) is 3.63. The highest BCUT2D eigenvalue weighted by atomic mass is 16.5. The first-order valence-electron chi connectivity index (χ1n) is 10.8. The third kappa shape index (κ3) is 4.94. The molecule has 1 aliphatic rings. The van der Waals surface area contributed by atoms with Gasteiger partial charge in [-0.3, -0.25) is 9.59 Å². The SMILES string of the molecule is COc1cc(CC(=O)Nc2cccc3c(=O)n(CC4CCOCC4)ccc23)cc(OC)c1. The Hall–Kier alpha value is -3.32. The third-order valence-electron chi connectivity index (χ3n) is 5.86. The minimum atomic E-state index is -0.181. The van der Waals surface area contributed by atoms with E-state index in [1.54, 1.807) is 49.1 Å². The number of nitrogens with zero attached hydrogens (tertiary/aromatic N) is 1. The molecule has 0 radical (unpaired) electrons. The van der Waals surface area contributed by atoms with E-state index >= 15 is 0 Å². The summed E-state index contributed by atoms with van der Waals surface area (Å²) in [4.78, 5) is 25.8. The van der Waals surface area contributed by atoms with Gasteiger partial charge in [0.25, 0.3) is 5.56 Å². The molecule has 3 aromatic rings. The number of anilines is 1. The molecule has 1 saturated heterocycles. The number of hydrogen-bond donors (Lipinski definition) is 1.